The minimum Gasteiger partial charge on any atom is -0.243 e. The minimum atomic E-state index is -0.641. The van der Waals surface area contributed by atoms with Crippen molar-refractivity contribution in [1.29, 1.82) is 0 Å². The molecule has 0 bridgehead atoms. The first-order valence-electron chi connectivity index (χ1n) is 5.01. The first-order valence-corrected chi connectivity index (χ1v) is 6.21. The summed E-state index contributed by atoms with van der Waals surface area (Å²) in [7, 11) is 0. The van der Waals surface area contributed by atoms with E-state index in [1.165, 1.54) is 29.7 Å². The lowest BCUT2D eigenvalue weighted by Gasteiger charge is -1.97. The van der Waals surface area contributed by atoms with Gasteiger partial charge < -0.3 is 0 Å². The van der Waals surface area contributed by atoms with Crippen LogP contribution in [0.3, 0.4) is 0 Å². The largest absolute Gasteiger partial charge is 0.243 e. The molecule has 0 radical (unpaired) electrons. The number of nitrogens with zero attached hydrogens (tertiary/aromatic N) is 2. The molecule has 18 heavy (non-hydrogen) atoms. The first kappa shape index (κ1) is 11.5. The molecule has 0 aliphatic carbocycles. The molecule has 3 rings (SSSR count). The molecule has 90 valence electrons. The summed E-state index contributed by atoms with van der Waals surface area (Å²) in [6.45, 7) is 0. The molecule has 6 heteroatoms. The lowest BCUT2D eigenvalue weighted by atomic mass is 10.2. The van der Waals surface area contributed by atoms with Gasteiger partial charge in [0.15, 0.2) is 0 Å². The van der Waals surface area contributed by atoms with E-state index >= 15 is 0 Å². The van der Waals surface area contributed by atoms with Crippen molar-refractivity contribution < 1.29 is 8.78 Å². The molecule has 1 aromatic carbocycles. The van der Waals surface area contributed by atoms with E-state index in [0.717, 1.165) is 6.07 Å². The van der Waals surface area contributed by atoms with E-state index in [9.17, 15) is 8.78 Å². The van der Waals surface area contributed by atoms with Gasteiger partial charge in [-0.05, 0) is 18.2 Å². The van der Waals surface area contributed by atoms with E-state index in [2.05, 4.69) is 9.97 Å². The van der Waals surface area contributed by atoms with E-state index in [1.807, 2.05) is 0 Å². The molecule has 0 fully saturated rings. The molecule has 2 aromatic heterocycles. The SMILES string of the molecule is Fc1ccc(-c2nc3ccnc(Cl)c3s2)c(F)c1. The van der Waals surface area contributed by atoms with Crippen LogP contribution in [0.4, 0.5) is 8.78 Å². The molecular weight excluding hydrogens is 278 g/mol. The number of hydrogen-bond donors (Lipinski definition) is 0. The van der Waals surface area contributed by atoms with Crippen LogP contribution in [0.15, 0.2) is 30.5 Å². The zero-order valence-corrected chi connectivity index (χ0v) is 10.4. The average molecular weight is 283 g/mol. The van der Waals surface area contributed by atoms with Crippen molar-refractivity contribution in [3.8, 4) is 10.6 Å². The van der Waals surface area contributed by atoms with Gasteiger partial charge in [-0.25, -0.2) is 18.7 Å². The Morgan fingerprint density at radius 3 is 2.72 bits per heavy atom. The smallest absolute Gasteiger partial charge is 0.148 e. The Bertz CT molecular complexity index is 742. The maximum absolute atomic E-state index is 13.6. The van der Waals surface area contributed by atoms with Gasteiger partial charge in [-0.1, -0.05) is 11.6 Å². The summed E-state index contributed by atoms with van der Waals surface area (Å²) < 4.78 is 27.2. The molecule has 0 N–H and O–H groups in total. The second-order valence-corrected chi connectivity index (χ2v) is 4.95. The van der Waals surface area contributed by atoms with Crippen LogP contribution >= 0.6 is 22.9 Å². The number of rotatable bonds is 1. The molecule has 0 saturated carbocycles. The molecule has 0 spiro atoms. The van der Waals surface area contributed by atoms with Gasteiger partial charge >= 0.3 is 0 Å². The molecule has 2 heterocycles. The molecule has 2 nitrogen and oxygen atoms in total. The van der Waals surface area contributed by atoms with Crippen molar-refractivity contribution >= 4 is 33.2 Å². The van der Waals surface area contributed by atoms with Crippen molar-refractivity contribution in [3.63, 3.8) is 0 Å². The summed E-state index contributed by atoms with van der Waals surface area (Å²) in [5, 5.41) is 0.788. The molecule has 0 amide bonds. The van der Waals surface area contributed by atoms with Gasteiger partial charge in [-0.3, -0.25) is 0 Å². The highest BCUT2D eigenvalue weighted by molar-refractivity contribution is 7.22. The first-order chi connectivity index (χ1) is 8.65. The van der Waals surface area contributed by atoms with Crippen LogP contribution in [0.5, 0.6) is 0 Å². The summed E-state index contributed by atoms with van der Waals surface area (Å²) >= 11 is 7.16. The van der Waals surface area contributed by atoms with Crippen LogP contribution in [-0.2, 0) is 0 Å². The maximum atomic E-state index is 13.6. The zero-order chi connectivity index (χ0) is 12.7. The number of thiazole rings is 1. The lowest BCUT2D eigenvalue weighted by molar-refractivity contribution is 0.585. The third-order valence-corrected chi connectivity index (χ3v) is 3.93. The number of halogens is 3. The van der Waals surface area contributed by atoms with Crippen LogP contribution in [-0.4, -0.2) is 9.97 Å². The Morgan fingerprint density at radius 2 is 2.00 bits per heavy atom. The number of pyridine rings is 1. The molecular formula is C12H5ClF2N2S. The van der Waals surface area contributed by atoms with Crippen molar-refractivity contribution in [2.75, 3.05) is 0 Å². The second kappa shape index (κ2) is 4.26. The molecule has 0 saturated heterocycles. The van der Waals surface area contributed by atoms with E-state index in [4.69, 9.17) is 11.6 Å². The molecule has 0 atom stereocenters. The molecule has 3 aromatic rings. The van der Waals surface area contributed by atoms with Crippen molar-refractivity contribution in [2.45, 2.75) is 0 Å². The Hall–Kier alpha value is -1.59. The number of hydrogen-bond acceptors (Lipinski definition) is 3. The van der Waals surface area contributed by atoms with Gasteiger partial charge in [-0.2, -0.15) is 0 Å². The highest BCUT2D eigenvalue weighted by Gasteiger charge is 2.13. The fraction of sp³-hybridized carbons (Fsp3) is 0. The second-order valence-electron chi connectivity index (χ2n) is 3.59. The highest BCUT2D eigenvalue weighted by atomic mass is 35.5. The average Bonchev–Trinajstić information content (AvgIpc) is 2.74. The van der Waals surface area contributed by atoms with Gasteiger partial charge in [0.25, 0.3) is 0 Å². The summed E-state index contributed by atoms with van der Waals surface area (Å²) in [5.74, 6) is -1.25. The number of aromatic nitrogens is 2. The van der Waals surface area contributed by atoms with Gasteiger partial charge in [0, 0.05) is 17.8 Å². The van der Waals surface area contributed by atoms with E-state index in [1.54, 1.807) is 6.07 Å². The predicted molar refractivity (Wildman–Crippen MR) is 67.8 cm³/mol. The van der Waals surface area contributed by atoms with E-state index < -0.39 is 11.6 Å². The van der Waals surface area contributed by atoms with Gasteiger partial charge in [-0.15, -0.1) is 11.3 Å². The van der Waals surface area contributed by atoms with Gasteiger partial charge in [0.05, 0.1) is 10.2 Å². The van der Waals surface area contributed by atoms with E-state index in [-0.39, 0.29) is 5.56 Å². The molecule has 0 aliphatic heterocycles. The number of benzene rings is 1. The van der Waals surface area contributed by atoms with Crippen LogP contribution in [0, 0.1) is 11.6 Å². The fourth-order valence-corrected chi connectivity index (χ4v) is 2.84. The Kier molecular flexibility index (Phi) is 2.72. The topological polar surface area (TPSA) is 25.8 Å². The Morgan fingerprint density at radius 1 is 1.17 bits per heavy atom. The Balaban J connectivity index is 2.23. The highest BCUT2D eigenvalue weighted by Crippen LogP contribution is 2.34. The van der Waals surface area contributed by atoms with Crippen molar-refractivity contribution in [2.24, 2.45) is 0 Å². The van der Waals surface area contributed by atoms with Gasteiger partial charge in [0.1, 0.15) is 21.8 Å². The van der Waals surface area contributed by atoms with Crippen LogP contribution < -0.4 is 0 Å². The summed E-state index contributed by atoms with van der Waals surface area (Å²) in [6, 6.07) is 5.10. The standard InChI is InChI=1S/C12H5ClF2N2S/c13-11-10-9(3-4-16-11)17-12(18-10)7-2-1-6(14)5-8(7)15/h1-5H. The van der Waals surface area contributed by atoms with Crippen molar-refractivity contribution in [1.82, 2.24) is 9.97 Å². The van der Waals surface area contributed by atoms with Crippen LogP contribution in [0.2, 0.25) is 5.15 Å². The zero-order valence-electron chi connectivity index (χ0n) is 8.82. The maximum Gasteiger partial charge on any atom is 0.148 e. The molecule has 0 aliphatic rings. The van der Waals surface area contributed by atoms with Crippen LogP contribution in [0.1, 0.15) is 0 Å². The summed E-state index contributed by atoms with van der Waals surface area (Å²) in [5.41, 5.74) is 0.910. The third kappa shape index (κ3) is 1.85. The summed E-state index contributed by atoms with van der Waals surface area (Å²) in [4.78, 5) is 8.20. The monoisotopic (exact) mass is 282 g/mol. The normalized spacial score (nSPS) is 11.1. The van der Waals surface area contributed by atoms with E-state index in [0.29, 0.717) is 20.4 Å². The van der Waals surface area contributed by atoms with Crippen molar-refractivity contribution in [3.05, 3.63) is 47.2 Å². The Labute approximate surface area is 110 Å². The third-order valence-electron chi connectivity index (χ3n) is 2.42. The fourth-order valence-electron chi connectivity index (χ4n) is 1.60. The summed E-state index contributed by atoms with van der Waals surface area (Å²) in [6.07, 6.45) is 1.54. The number of fused-ring (bicyclic) bond motifs is 1. The minimum absolute atomic E-state index is 0.258. The molecule has 0 unspecified atom stereocenters. The van der Waals surface area contributed by atoms with Crippen LogP contribution in [0.25, 0.3) is 20.8 Å². The quantitative estimate of drug-likeness (QED) is 0.622. The lowest BCUT2D eigenvalue weighted by Crippen LogP contribution is -1.85. The van der Waals surface area contributed by atoms with Gasteiger partial charge in [0.2, 0.25) is 0 Å². The predicted octanol–water partition coefficient (Wildman–Crippen LogP) is 4.29.